The summed E-state index contributed by atoms with van der Waals surface area (Å²) in [7, 11) is -3.52. The van der Waals surface area contributed by atoms with E-state index in [-0.39, 0.29) is 6.61 Å². The maximum atomic E-state index is 11.7. The van der Waals surface area contributed by atoms with Crippen molar-refractivity contribution in [2.75, 3.05) is 17.9 Å². The predicted octanol–water partition coefficient (Wildman–Crippen LogP) is 1.39. The summed E-state index contributed by atoms with van der Waals surface area (Å²) in [5.74, 6) is 5.73. The van der Waals surface area contributed by atoms with E-state index in [1.807, 2.05) is 19.9 Å². The molecule has 0 spiro atoms. The molecule has 0 fully saturated rings. The molecule has 0 aliphatic heterocycles. The number of hydrogen-bond acceptors (Lipinski definition) is 3. The van der Waals surface area contributed by atoms with Gasteiger partial charge in [-0.15, -0.1) is 0 Å². The molecule has 0 heterocycles. The summed E-state index contributed by atoms with van der Waals surface area (Å²) in [6.07, 6.45) is 1.16. The minimum Gasteiger partial charge on any atom is -0.395 e. The Labute approximate surface area is 120 Å². The molecule has 0 radical (unpaired) electrons. The van der Waals surface area contributed by atoms with Crippen molar-refractivity contribution in [3.05, 3.63) is 29.3 Å². The van der Waals surface area contributed by atoms with Crippen molar-refractivity contribution in [3.8, 4) is 11.8 Å². The third-order valence-electron chi connectivity index (χ3n) is 2.48. The highest BCUT2D eigenvalue weighted by Crippen LogP contribution is 2.17. The number of rotatable bonds is 6. The molecule has 1 aromatic rings. The summed E-state index contributed by atoms with van der Waals surface area (Å²) in [6, 6.07) is 5.24. The fourth-order valence-corrected chi connectivity index (χ4v) is 2.56. The van der Waals surface area contributed by atoms with Crippen LogP contribution in [0.2, 0.25) is 0 Å². The van der Waals surface area contributed by atoms with Crippen LogP contribution in [-0.2, 0) is 10.2 Å². The lowest BCUT2D eigenvalue weighted by Gasteiger charge is -2.11. The molecule has 0 atom stereocenters. The van der Waals surface area contributed by atoms with E-state index in [1.54, 1.807) is 12.1 Å². The summed E-state index contributed by atoms with van der Waals surface area (Å²) >= 11 is 0. The predicted molar refractivity (Wildman–Crippen MR) is 80.6 cm³/mol. The zero-order valence-electron chi connectivity index (χ0n) is 11.7. The lowest BCUT2D eigenvalue weighted by atomic mass is 10.1. The Bertz CT molecular complexity index is 601. The molecule has 0 amide bonds. The highest BCUT2D eigenvalue weighted by atomic mass is 32.2. The second-order valence-electron chi connectivity index (χ2n) is 4.30. The summed E-state index contributed by atoms with van der Waals surface area (Å²) in [4.78, 5) is 0. The van der Waals surface area contributed by atoms with Crippen molar-refractivity contribution in [2.45, 2.75) is 26.7 Å². The third-order valence-corrected chi connectivity index (χ3v) is 3.56. The zero-order chi connectivity index (χ0) is 15.0. The van der Waals surface area contributed by atoms with Crippen LogP contribution in [0.5, 0.6) is 0 Å². The molecule has 0 aliphatic carbocycles. The summed E-state index contributed by atoms with van der Waals surface area (Å²) in [5, 5.41) is 8.66. The molecule has 0 saturated carbocycles. The van der Waals surface area contributed by atoms with E-state index in [1.165, 1.54) is 0 Å². The minimum absolute atomic E-state index is 0.0347. The molecular formula is C14H20N2O3S. The molecule has 0 saturated heterocycles. The van der Waals surface area contributed by atoms with Gasteiger partial charge in [-0.05, 0) is 37.1 Å². The molecule has 20 heavy (non-hydrogen) atoms. The quantitative estimate of drug-likeness (QED) is 0.694. The Morgan fingerprint density at radius 3 is 2.70 bits per heavy atom. The van der Waals surface area contributed by atoms with E-state index in [4.69, 9.17) is 5.11 Å². The largest absolute Gasteiger partial charge is 0.395 e. The first-order chi connectivity index (χ1) is 9.48. The van der Waals surface area contributed by atoms with Gasteiger partial charge in [0.05, 0.1) is 12.3 Å². The van der Waals surface area contributed by atoms with E-state index in [2.05, 4.69) is 21.3 Å². The van der Waals surface area contributed by atoms with Crippen LogP contribution >= 0.6 is 0 Å². The fraction of sp³-hybridized carbons (Fsp3) is 0.429. The molecular weight excluding hydrogens is 276 g/mol. The average molecular weight is 296 g/mol. The van der Waals surface area contributed by atoms with Crippen LogP contribution in [0.1, 0.15) is 30.9 Å². The number of aliphatic hydroxyl groups is 1. The van der Waals surface area contributed by atoms with Crippen molar-refractivity contribution < 1.29 is 13.5 Å². The van der Waals surface area contributed by atoms with Gasteiger partial charge in [0.2, 0.25) is 0 Å². The van der Waals surface area contributed by atoms with Gasteiger partial charge in [-0.25, -0.2) is 0 Å². The van der Waals surface area contributed by atoms with Crippen LogP contribution < -0.4 is 9.44 Å². The van der Waals surface area contributed by atoms with Crippen LogP contribution in [0.25, 0.3) is 0 Å². The molecule has 1 aromatic carbocycles. The number of anilines is 1. The number of aryl methyl sites for hydroxylation is 1. The second kappa shape index (κ2) is 7.90. The SMILES string of the molecule is CCCNS(=O)(=O)Nc1ccc(C#CCCO)cc1C. The first-order valence-electron chi connectivity index (χ1n) is 6.46. The zero-order valence-corrected chi connectivity index (χ0v) is 12.5. The monoisotopic (exact) mass is 296 g/mol. The maximum absolute atomic E-state index is 11.7. The van der Waals surface area contributed by atoms with Gasteiger partial charge >= 0.3 is 0 Å². The van der Waals surface area contributed by atoms with Gasteiger partial charge < -0.3 is 5.11 Å². The third kappa shape index (κ3) is 5.61. The van der Waals surface area contributed by atoms with Crippen LogP contribution in [-0.4, -0.2) is 26.7 Å². The second-order valence-corrected chi connectivity index (χ2v) is 5.80. The lowest BCUT2D eigenvalue weighted by molar-refractivity contribution is 0.305. The lowest BCUT2D eigenvalue weighted by Crippen LogP contribution is -2.30. The van der Waals surface area contributed by atoms with E-state index in [9.17, 15) is 8.42 Å². The molecule has 0 aliphatic rings. The summed E-state index contributed by atoms with van der Waals surface area (Å²) in [5.41, 5.74) is 2.12. The minimum atomic E-state index is -3.52. The highest BCUT2D eigenvalue weighted by molar-refractivity contribution is 7.90. The van der Waals surface area contributed by atoms with E-state index >= 15 is 0 Å². The van der Waals surface area contributed by atoms with Crippen LogP contribution in [0.4, 0.5) is 5.69 Å². The van der Waals surface area contributed by atoms with Crippen molar-refractivity contribution in [3.63, 3.8) is 0 Å². The Balaban J connectivity index is 2.81. The van der Waals surface area contributed by atoms with Crippen LogP contribution in [0.15, 0.2) is 18.2 Å². The maximum Gasteiger partial charge on any atom is 0.299 e. The van der Waals surface area contributed by atoms with E-state index in [0.29, 0.717) is 18.7 Å². The van der Waals surface area contributed by atoms with Gasteiger partial charge in [0.1, 0.15) is 0 Å². The van der Waals surface area contributed by atoms with Gasteiger partial charge in [-0.1, -0.05) is 18.8 Å². The molecule has 6 heteroatoms. The smallest absolute Gasteiger partial charge is 0.299 e. The molecule has 110 valence electrons. The van der Waals surface area contributed by atoms with Gasteiger partial charge in [-0.2, -0.15) is 13.1 Å². The Hall–Kier alpha value is -1.55. The first-order valence-corrected chi connectivity index (χ1v) is 7.94. The van der Waals surface area contributed by atoms with Crippen LogP contribution in [0.3, 0.4) is 0 Å². The van der Waals surface area contributed by atoms with Crippen molar-refractivity contribution >= 4 is 15.9 Å². The van der Waals surface area contributed by atoms with Gasteiger partial charge in [0.25, 0.3) is 10.2 Å². The Kier molecular flexibility index (Phi) is 6.52. The van der Waals surface area contributed by atoms with Crippen LogP contribution in [0, 0.1) is 18.8 Å². The van der Waals surface area contributed by atoms with Gasteiger partial charge in [0.15, 0.2) is 0 Å². The van der Waals surface area contributed by atoms with Gasteiger partial charge in [-0.3, -0.25) is 4.72 Å². The Morgan fingerprint density at radius 2 is 2.10 bits per heavy atom. The number of hydrogen-bond donors (Lipinski definition) is 3. The number of nitrogens with one attached hydrogen (secondary N) is 2. The normalized spacial score (nSPS) is 10.8. The van der Waals surface area contributed by atoms with Gasteiger partial charge in [0, 0.05) is 18.5 Å². The first kappa shape index (κ1) is 16.5. The van der Waals surface area contributed by atoms with Crippen molar-refractivity contribution in [1.82, 2.24) is 4.72 Å². The molecule has 1 rings (SSSR count). The highest BCUT2D eigenvalue weighted by Gasteiger charge is 2.10. The molecule has 0 aromatic heterocycles. The number of aliphatic hydroxyl groups excluding tert-OH is 1. The summed E-state index contributed by atoms with van der Waals surface area (Å²) < 4.78 is 28.4. The standard InChI is InChI=1S/C14H20N2O3S/c1-3-9-15-20(18,19)16-14-8-7-13(11-12(14)2)6-4-5-10-17/h7-8,11,15-17H,3,5,9-10H2,1-2H3. The molecule has 3 N–H and O–H groups in total. The molecule has 0 unspecified atom stereocenters. The van der Waals surface area contributed by atoms with E-state index < -0.39 is 10.2 Å². The van der Waals surface area contributed by atoms with E-state index in [0.717, 1.165) is 17.5 Å². The van der Waals surface area contributed by atoms with Crippen molar-refractivity contribution in [2.24, 2.45) is 0 Å². The Morgan fingerprint density at radius 1 is 1.35 bits per heavy atom. The number of benzene rings is 1. The van der Waals surface area contributed by atoms with Crippen molar-refractivity contribution in [1.29, 1.82) is 0 Å². The molecule has 5 nitrogen and oxygen atoms in total. The topological polar surface area (TPSA) is 78.4 Å². The summed E-state index contributed by atoms with van der Waals surface area (Å²) in [6.45, 7) is 4.15. The molecule has 0 bridgehead atoms. The average Bonchev–Trinajstić information content (AvgIpc) is 2.40. The fourth-order valence-electron chi connectivity index (χ4n) is 1.49.